The molecule has 0 saturated heterocycles. The minimum atomic E-state index is 0.927. The summed E-state index contributed by atoms with van der Waals surface area (Å²) in [6, 6.07) is 0. The van der Waals surface area contributed by atoms with Crippen molar-refractivity contribution in [2.45, 2.75) is 12.8 Å². The molecule has 1 aliphatic carbocycles. The van der Waals surface area contributed by atoms with E-state index in [2.05, 4.69) is 27.4 Å². The number of aromatic nitrogens is 2. The highest BCUT2D eigenvalue weighted by molar-refractivity contribution is 5.65. The molecule has 62 valence electrons. The van der Waals surface area contributed by atoms with Crippen molar-refractivity contribution in [3.63, 3.8) is 0 Å². The van der Waals surface area contributed by atoms with E-state index in [0.717, 1.165) is 29.9 Å². The van der Waals surface area contributed by atoms with Crippen LogP contribution >= 0.6 is 0 Å². The number of nitrogens with zero attached hydrogens (tertiary/aromatic N) is 2. The van der Waals surface area contributed by atoms with Gasteiger partial charge in [0.25, 0.3) is 0 Å². The number of allylic oxidation sites excluding steroid dienone is 1. The number of hydrogen-bond acceptors (Lipinski definition) is 3. The molecule has 1 aromatic heterocycles. The van der Waals surface area contributed by atoms with E-state index in [1.165, 1.54) is 0 Å². The zero-order chi connectivity index (χ0) is 8.39. The molecule has 0 amide bonds. The molecule has 1 N–H and O–H groups in total. The predicted molar refractivity (Wildman–Crippen MR) is 48.9 cm³/mol. The highest BCUT2D eigenvalue weighted by Crippen LogP contribution is 2.21. The minimum Gasteiger partial charge on any atom is -0.373 e. The standard InChI is InChI=1S/C9H11N3/c1-10-9-7-4-2-3-5-8(7)11-6-12-9/h2,4,6H,3,5H2,1H3,(H,10,11,12). The first-order valence-corrected chi connectivity index (χ1v) is 4.10. The van der Waals surface area contributed by atoms with Gasteiger partial charge in [-0.15, -0.1) is 0 Å². The van der Waals surface area contributed by atoms with Gasteiger partial charge in [-0.25, -0.2) is 9.97 Å². The van der Waals surface area contributed by atoms with Crippen LogP contribution in [-0.4, -0.2) is 17.0 Å². The molecule has 3 nitrogen and oxygen atoms in total. The lowest BCUT2D eigenvalue weighted by atomic mass is 10.0. The van der Waals surface area contributed by atoms with Crippen LogP contribution in [0.1, 0.15) is 17.7 Å². The Morgan fingerprint density at radius 3 is 3.17 bits per heavy atom. The van der Waals surface area contributed by atoms with Gasteiger partial charge in [0.2, 0.25) is 0 Å². The van der Waals surface area contributed by atoms with Crippen LogP contribution in [-0.2, 0) is 6.42 Å². The fourth-order valence-corrected chi connectivity index (χ4v) is 1.43. The second kappa shape index (κ2) is 2.93. The minimum absolute atomic E-state index is 0.927. The Morgan fingerprint density at radius 2 is 2.33 bits per heavy atom. The van der Waals surface area contributed by atoms with Gasteiger partial charge < -0.3 is 5.32 Å². The van der Waals surface area contributed by atoms with Crippen molar-refractivity contribution < 1.29 is 0 Å². The van der Waals surface area contributed by atoms with Crippen molar-refractivity contribution in [1.82, 2.24) is 9.97 Å². The van der Waals surface area contributed by atoms with E-state index < -0.39 is 0 Å². The quantitative estimate of drug-likeness (QED) is 0.678. The van der Waals surface area contributed by atoms with E-state index in [4.69, 9.17) is 0 Å². The van der Waals surface area contributed by atoms with Crippen LogP contribution in [0.15, 0.2) is 12.4 Å². The Bertz CT molecular complexity index is 318. The molecule has 0 fully saturated rings. The zero-order valence-corrected chi connectivity index (χ0v) is 7.04. The molecule has 0 radical (unpaired) electrons. The Morgan fingerprint density at radius 1 is 1.42 bits per heavy atom. The fraction of sp³-hybridized carbons (Fsp3) is 0.333. The second-order valence-corrected chi connectivity index (χ2v) is 2.77. The van der Waals surface area contributed by atoms with Gasteiger partial charge in [-0.3, -0.25) is 0 Å². The lowest BCUT2D eigenvalue weighted by molar-refractivity contribution is 0.909. The molecule has 1 aromatic rings. The van der Waals surface area contributed by atoms with Gasteiger partial charge in [-0.05, 0) is 12.8 Å². The van der Waals surface area contributed by atoms with Gasteiger partial charge in [0, 0.05) is 12.6 Å². The summed E-state index contributed by atoms with van der Waals surface area (Å²) < 4.78 is 0. The van der Waals surface area contributed by atoms with E-state index in [9.17, 15) is 0 Å². The van der Waals surface area contributed by atoms with E-state index in [1.807, 2.05) is 7.05 Å². The third-order valence-corrected chi connectivity index (χ3v) is 2.04. The van der Waals surface area contributed by atoms with Gasteiger partial charge in [0.05, 0.1) is 5.69 Å². The molecule has 0 aliphatic heterocycles. The van der Waals surface area contributed by atoms with Crippen molar-refractivity contribution in [2.75, 3.05) is 12.4 Å². The molecule has 1 heterocycles. The predicted octanol–water partition coefficient (Wildman–Crippen LogP) is 1.48. The average molecular weight is 161 g/mol. The molecular weight excluding hydrogens is 150 g/mol. The lowest BCUT2D eigenvalue weighted by Gasteiger charge is -2.11. The summed E-state index contributed by atoms with van der Waals surface area (Å²) in [7, 11) is 1.88. The summed E-state index contributed by atoms with van der Waals surface area (Å²) in [5, 5.41) is 3.05. The molecule has 0 atom stereocenters. The number of hydrogen-bond donors (Lipinski definition) is 1. The maximum absolute atomic E-state index is 4.23. The molecule has 0 spiro atoms. The van der Waals surface area contributed by atoms with Crippen LogP contribution in [0.5, 0.6) is 0 Å². The molecule has 12 heavy (non-hydrogen) atoms. The largest absolute Gasteiger partial charge is 0.373 e. The summed E-state index contributed by atoms with van der Waals surface area (Å²) in [6.45, 7) is 0. The Balaban J connectivity index is 2.54. The molecule has 0 aromatic carbocycles. The SMILES string of the molecule is CNc1ncnc2c1C=CCC2. The molecule has 0 bridgehead atoms. The molecule has 0 saturated carbocycles. The maximum atomic E-state index is 4.23. The van der Waals surface area contributed by atoms with Gasteiger partial charge in [-0.1, -0.05) is 12.2 Å². The van der Waals surface area contributed by atoms with Crippen molar-refractivity contribution in [2.24, 2.45) is 0 Å². The molecular formula is C9H11N3. The van der Waals surface area contributed by atoms with Crippen LogP contribution < -0.4 is 5.32 Å². The van der Waals surface area contributed by atoms with Crippen LogP contribution in [0.3, 0.4) is 0 Å². The van der Waals surface area contributed by atoms with Crippen molar-refractivity contribution in [3.8, 4) is 0 Å². The van der Waals surface area contributed by atoms with Crippen molar-refractivity contribution in [3.05, 3.63) is 23.7 Å². The second-order valence-electron chi connectivity index (χ2n) is 2.77. The summed E-state index contributed by atoms with van der Waals surface area (Å²) in [5.74, 6) is 0.927. The maximum Gasteiger partial charge on any atom is 0.136 e. The van der Waals surface area contributed by atoms with E-state index in [1.54, 1.807) is 6.33 Å². The van der Waals surface area contributed by atoms with Gasteiger partial charge >= 0.3 is 0 Å². The molecule has 0 unspecified atom stereocenters. The number of fused-ring (bicyclic) bond motifs is 1. The summed E-state index contributed by atoms with van der Waals surface area (Å²) in [5.41, 5.74) is 2.29. The zero-order valence-electron chi connectivity index (χ0n) is 7.04. The van der Waals surface area contributed by atoms with Crippen molar-refractivity contribution >= 4 is 11.9 Å². The first kappa shape index (κ1) is 7.28. The fourth-order valence-electron chi connectivity index (χ4n) is 1.43. The monoisotopic (exact) mass is 161 g/mol. The smallest absolute Gasteiger partial charge is 0.136 e. The Labute approximate surface area is 71.5 Å². The number of aryl methyl sites for hydroxylation is 1. The average Bonchev–Trinajstić information content (AvgIpc) is 2.17. The molecule has 1 aliphatic rings. The molecule has 3 heteroatoms. The third kappa shape index (κ3) is 1.07. The Kier molecular flexibility index (Phi) is 1.78. The Hall–Kier alpha value is -1.38. The lowest BCUT2D eigenvalue weighted by Crippen LogP contribution is -2.04. The highest BCUT2D eigenvalue weighted by atomic mass is 15.0. The summed E-state index contributed by atoms with van der Waals surface area (Å²) in [6.07, 6.45) is 7.98. The van der Waals surface area contributed by atoms with E-state index in [-0.39, 0.29) is 0 Å². The topological polar surface area (TPSA) is 37.8 Å². The van der Waals surface area contributed by atoms with Crippen LogP contribution in [0.4, 0.5) is 5.82 Å². The van der Waals surface area contributed by atoms with E-state index in [0.29, 0.717) is 0 Å². The van der Waals surface area contributed by atoms with Crippen molar-refractivity contribution in [1.29, 1.82) is 0 Å². The number of rotatable bonds is 1. The van der Waals surface area contributed by atoms with Crippen LogP contribution in [0, 0.1) is 0 Å². The van der Waals surface area contributed by atoms with Gasteiger partial charge in [0.15, 0.2) is 0 Å². The normalized spacial score (nSPS) is 14.1. The first-order valence-electron chi connectivity index (χ1n) is 4.10. The van der Waals surface area contributed by atoms with Gasteiger partial charge in [-0.2, -0.15) is 0 Å². The van der Waals surface area contributed by atoms with Crippen LogP contribution in [0.25, 0.3) is 6.08 Å². The van der Waals surface area contributed by atoms with Gasteiger partial charge in [0.1, 0.15) is 12.1 Å². The number of nitrogens with one attached hydrogen (secondary N) is 1. The third-order valence-electron chi connectivity index (χ3n) is 2.04. The highest BCUT2D eigenvalue weighted by Gasteiger charge is 2.09. The first-order chi connectivity index (χ1) is 5.92. The summed E-state index contributed by atoms with van der Waals surface area (Å²) >= 11 is 0. The molecule has 2 rings (SSSR count). The van der Waals surface area contributed by atoms with Crippen LogP contribution in [0.2, 0.25) is 0 Å². The number of anilines is 1. The van der Waals surface area contributed by atoms with E-state index >= 15 is 0 Å². The summed E-state index contributed by atoms with van der Waals surface area (Å²) in [4.78, 5) is 8.36.